The van der Waals surface area contributed by atoms with Crippen molar-refractivity contribution < 1.29 is 4.79 Å². The molecule has 0 bridgehead atoms. The van der Waals surface area contributed by atoms with E-state index >= 15 is 0 Å². The van der Waals surface area contributed by atoms with E-state index in [1.165, 1.54) is 13.0 Å². The molecule has 0 saturated carbocycles. The summed E-state index contributed by atoms with van der Waals surface area (Å²) in [5.74, 6) is -0.0222. The number of hydrogen-bond donors (Lipinski definition) is 1. The molecule has 1 atom stereocenters. The number of Topliss-reactive ketones (excluding diaryl/α,β-unsaturated/α-hetero) is 1. The van der Waals surface area contributed by atoms with E-state index in [1.807, 2.05) is 0 Å². The first-order valence-corrected chi connectivity index (χ1v) is 9.64. The van der Waals surface area contributed by atoms with Gasteiger partial charge in [0.1, 0.15) is 0 Å². The third kappa shape index (κ3) is 6.44. The lowest BCUT2D eigenvalue weighted by Gasteiger charge is -2.07. The number of carbonyl (C=O) groups is 1. The van der Waals surface area contributed by atoms with Crippen LogP contribution in [0.2, 0.25) is 5.02 Å². The molecular formula is C19H15ClN6O2S. The average Bonchev–Trinajstić information content (AvgIpc) is 2.71. The first-order chi connectivity index (χ1) is 14.0. The standard InChI is InChI=1S/C19H15ClN6O2S/c1-12(27)18(26-25-15-4-2-14(20)3-5-15)29-19-23-16(10-17(28)24-19)22-11-13-6-8-21-9-7-13/h2-11,18H,1H3,(H,23,24,28)/b22-11-,26-25?. The number of rotatable bonds is 7. The molecule has 2 aromatic heterocycles. The number of carbonyl (C=O) groups excluding carboxylic acids is 1. The van der Waals surface area contributed by atoms with Gasteiger partial charge < -0.3 is 4.98 Å². The lowest BCUT2D eigenvalue weighted by molar-refractivity contribution is -0.116. The van der Waals surface area contributed by atoms with E-state index in [-0.39, 0.29) is 22.3 Å². The third-order valence-electron chi connectivity index (χ3n) is 3.43. The maximum atomic E-state index is 12.0. The van der Waals surface area contributed by atoms with Crippen molar-refractivity contribution in [3.8, 4) is 0 Å². The number of nitrogens with zero attached hydrogens (tertiary/aromatic N) is 5. The molecular weight excluding hydrogens is 412 g/mol. The molecule has 8 nitrogen and oxygen atoms in total. The first-order valence-electron chi connectivity index (χ1n) is 8.38. The van der Waals surface area contributed by atoms with Crippen LogP contribution in [-0.2, 0) is 4.79 Å². The number of aromatic amines is 1. The minimum Gasteiger partial charge on any atom is -0.301 e. The predicted octanol–water partition coefficient (Wildman–Crippen LogP) is 4.36. The summed E-state index contributed by atoms with van der Waals surface area (Å²) < 4.78 is 0. The Labute approximate surface area is 175 Å². The molecule has 0 aliphatic heterocycles. The van der Waals surface area contributed by atoms with E-state index in [0.717, 1.165) is 17.3 Å². The van der Waals surface area contributed by atoms with Gasteiger partial charge in [-0.1, -0.05) is 23.4 Å². The SMILES string of the molecule is CC(=O)C(N=Nc1ccc(Cl)cc1)Sc1nc(/N=C\c2ccncc2)cc(=O)[nH]1. The van der Waals surface area contributed by atoms with Crippen LogP contribution in [0, 0.1) is 0 Å². The van der Waals surface area contributed by atoms with Crippen molar-refractivity contribution in [2.75, 3.05) is 0 Å². The largest absolute Gasteiger partial charge is 0.301 e. The van der Waals surface area contributed by atoms with Crippen molar-refractivity contribution in [2.45, 2.75) is 17.5 Å². The summed E-state index contributed by atoms with van der Waals surface area (Å²) in [6, 6.07) is 11.5. The van der Waals surface area contributed by atoms with Gasteiger partial charge >= 0.3 is 0 Å². The van der Waals surface area contributed by atoms with Gasteiger partial charge in [0.25, 0.3) is 5.56 Å². The molecule has 10 heteroatoms. The van der Waals surface area contributed by atoms with Crippen molar-refractivity contribution in [3.63, 3.8) is 0 Å². The number of benzene rings is 1. The molecule has 0 saturated heterocycles. The fourth-order valence-electron chi connectivity index (χ4n) is 2.06. The molecule has 0 aliphatic carbocycles. The molecule has 3 rings (SSSR count). The lowest BCUT2D eigenvalue weighted by atomic mass is 10.3. The Kier molecular flexibility index (Phi) is 6.99. The Morgan fingerprint density at radius 2 is 1.93 bits per heavy atom. The molecule has 3 aromatic rings. The summed E-state index contributed by atoms with van der Waals surface area (Å²) in [5, 5.41) is 8.04. The number of thioether (sulfide) groups is 1. The van der Waals surface area contributed by atoms with E-state index in [4.69, 9.17) is 11.6 Å². The van der Waals surface area contributed by atoms with Gasteiger partial charge in [0.15, 0.2) is 22.1 Å². The molecule has 0 spiro atoms. The summed E-state index contributed by atoms with van der Waals surface area (Å²) in [5.41, 5.74) is 0.981. The average molecular weight is 427 g/mol. The maximum absolute atomic E-state index is 12.0. The molecule has 0 amide bonds. The van der Waals surface area contributed by atoms with Gasteiger partial charge in [0.05, 0.1) is 5.69 Å². The fraction of sp³-hybridized carbons (Fsp3) is 0.105. The zero-order valence-corrected chi connectivity index (χ0v) is 16.8. The predicted molar refractivity (Wildman–Crippen MR) is 113 cm³/mol. The van der Waals surface area contributed by atoms with Crippen LogP contribution in [0.3, 0.4) is 0 Å². The molecule has 29 heavy (non-hydrogen) atoms. The number of pyridine rings is 1. The monoisotopic (exact) mass is 426 g/mol. The van der Waals surface area contributed by atoms with E-state index in [9.17, 15) is 9.59 Å². The first kappa shape index (κ1) is 20.6. The number of nitrogens with one attached hydrogen (secondary N) is 1. The molecule has 0 radical (unpaired) electrons. The number of ketones is 1. The Morgan fingerprint density at radius 1 is 1.21 bits per heavy atom. The van der Waals surface area contributed by atoms with Gasteiger partial charge in [0.2, 0.25) is 0 Å². The molecule has 0 aliphatic rings. The third-order valence-corrected chi connectivity index (χ3v) is 4.75. The molecule has 2 heterocycles. The van der Waals surface area contributed by atoms with Crippen molar-refractivity contribution in [3.05, 3.63) is 75.8 Å². The van der Waals surface area contributed by atoms with E-state index < -0.39 is 5.37 Å². The second kappa shape index (κ2) is 9.85. The van der Waals surface area contributed by atoms with E-state index in [2.05, 4.69) is 30.2 Å². The molecule has 1 unspecified atom stereocenters. The second-order valence-corrected chi connectivity index (χ2v) is 7.23. The Balaban J connectivity index is 1.78. The normalized spacial score (nSPS) is 12.5. The highest BCUT2D eigenvalue weighted by molar-refractivity contribution is 8.00. The Morgan fingerprint density at radius 3 is 2.62 bits per heavy atom. The van der Waals surface area contributed by atoms with Gasteiger partial charge in [-0.25, -0.2) is 9.98 Å². The Hall–Kier alpha value is -3.17. The van der Waals surface area contributed by atoms with Crippen LogP contribution in [0.4, 0.5) is 11.5 Å². The molecule has 146 valence electrons. The van der Waals surface area contributed by atoms with Crippen molar-refractivity contribution in [1.82, 2.24) is 15.0 Å². The summed E-state index contributed by atoms with van der Waals surface area (Å²) in [7, 11) is 0. The van der Waals surface area contributed by atoms with Crippen LogP contribution in [-0.4, -0.2) is 32.3 Å². The zero-order chi connectivity index (χ0) is 20.6. The van der Waals surface area contributed by atoms with Gasteiger partial charge in [-0.05, 0) is 48.9 Å². The lowest BCUT2D eigenvalue weighted by Crippen LogP contribution is -2.13. The molecule has 1 aromatic carbocycles. The van der Waals surface area contributed by atoms with E-state index in [1.54, 1.807) is 55.0 Å². The van der Waals surface area contributed by atoms with E-state index in [0.29, 0.717) is 10.7 Å². The highest BCUT2D eigenvalue weighted by atomic mass is 35.5. The quantitative estimate of drug-likeness (QED) is 0.261. The van der Waals surface area contributed by atoms with Crippen LogP contribution >= 0.6 is 23.4 Å². The second-order valence-electron chi connectivity index (χ2n) is 5.72. The molecule has 0 fully saturated rings. The van der Waals surface area contributed by atoms with Crippen LogP contribution in [0.15, 0.2) is 80.0 Å². The van der Waals surface area contributed by atoms with Crippen molar-refractivity contribution in [1.29, 1.82) is 0 Å². The van der Waals surface area contributed by atoms with Crippen LogP contribution in [0.5, 0.6) is 0 Å². The fourth-order valence-corrected chi connectivity index (χ4v) is 2.96. The maximum Gasteiger partial charge on any atom is 0.253 e. The van der Waals surface area contributed by atoms with Crippen molar-refractivity contribution in [2.24, 2.45) is 15.2 Å². The van der Waals surface area contributed by atoms with Crippen LogP contribution < -0.4 is 5.56 Å². The summed E-state index contributed by atoms with van der Waals surface area (Å²) in [6.45, 7) is 1.39. The highest BCUT2D eigenvalue weighted by Gasteiger charge is 2.17. The molecule has 1 N–H and O–H groups in total. The van der Waals surface area contributed by atoms with Gasteiger partial charge in [-0.15, -0.1) is 0 Å². The van der Waals surface area contributed by atoms with Gasteiger partial charge in [0, 0.05) is 29.7 Å². The summed E-state index contributed by atoms with van der Waals surface area (Å²) >= 11 is 6.82. The summed E-state index contributed by atoms with van der Waals surface area (Å²) in [6.07, 6.45) is 4.84. The van der Waals surface area contributed by atoms with Crippen molar-refractivity contribution >= 4 is 46.9 Å². The highest BCUT2D eigenvalue weighted by Crippen LogP contribution is 2.24. The number of azo groups is 1. The van der Waals surface area contributed by atoms with Crippen LogP contribution in [0.1, 0.15) is 12.5 Å². The smallest absolute Gasteiger partial charge is 0.253 e. The minimum atomic E-state index is -0.867. The number of aliphatic imine (C=N–C) groups is 1. The van der Waals surface area contributed by atoms with Crippen LogP contribution in [0.25, 0.3) is 0 Å². The number of hydrogen-bond acceptors (Lipinski definition) is 8. The van der Waals surface area contributed by atoms with Gasteiger partial charge in [-0.2, -0.15) is 10.2 Å². The topological polar surface area (TPSA) is 113 Å². The Bertz CT molecular complexity index is 1100. The van der Waals surface area contributed by atoms with Gasteiger partial charge in [-0.3, -0.25) is 14.6 Å². The number of aromatic nitrogens is 3. The minimum absolute atomic E-state index is 0.213. The summed E-state index contributed by atoms with van der Waals surface area (Å²) in [4.78, 5) is 38.9. The number of halogens is 1. The zero-order valence-electron chi connectivity index (χ0n) is 15.2. The number of H-pyrrole nitrogens is 1.